The van der Waals surface area contributed by atoms with Gasteiger partial charge in [0.25, 0.3) is 0 Å². The standard InChI is InChI=1S/C26H26N2O/c1-27(2)20-24-25(29)18-19-28(24)26(21-12-6-3-7-13-21,22-14-8-4-9-15-22)23-16-10-5-11-17-23/h3-17,20H,18-19H2,1-2H3. The van der Waals surface area contributed by atoms with E-state index < -0.39 is 5.54 Å². The average Bonchev–Trinajstić information content (AvgIpc) is 3.11. The van der Waals surface area contributed by atoms with E-state index in [1.807, 2.05) is 43.4 Å². The second-order valence-corrected chi connectivity index (χ2v) is 7.61. The summed E-state index contributed by atoms with van der Waals surface area (Å²) in [6.07, 6.45) is 2.48. The number of likely N-dealkylation sites (tertiary alicyclic amines) is 1. The lowest BCUT2D eigenvalue weighted by molar-refractivity contribution is -0.114. The van der Waals surface area contributed by atoms with Gasteiger partial charge in [0, 0.05) is 33.3 Å². The van der Waals surface area contributed by atoms with Gasteiger partial charge in [-0.3, -0.25) is 4.79 Å². The molecule has 1 fully saturated rings. The summed E-state index contributed by atoms with van der Waals surface area (Å²) in [5.41, 5.74) is 3.62. The number of allylic oxidation sites excluding steroid dienone is 1. The van der Waals surface area contributed by atoms with Crippen LogP contribution in [0.1, 0.15) is 23.1 Å². The van der Waals surface area contributed by atoms with Crippen molar-refractivity contribution in [1.29, 1.82) is 0 Å². The molecule has 3 aromatic rings. The topological polar surface area (TPSA) is 23.6 Å². The van der Waals surface area contributed by atoms with Crippen LogP contribution in [0.25, 0.3) is 0 Å². The fourth-order valence-corrected chi connectivity index (χ4v) is 4.35. The zero-order chi connectivity index (χ0) is 20.3. The van der Waals surface area contributed by atoms with Crippen molar-refractivity contribution < 1.29 is 4.79 Å². The number of nitrogens with zero attached hydrogens (tertiary/aromatic N) is 2. The monoisotopic (exact) mass is 382 g/mol. The zero-order valence-electron chi connectivity index (χ0n) is 17.0. The van der Waals surface area contributed by atoms with Crippen LogP contribution in [0, 0.1) is 0 Å². The molecule has 0 unspecified atom stereocenters. The van der Waals surface area contributed by atoms with Crippen LogP contribution in [-0.2, 0) is 10.3 Å². The first-order chi connectivity index (χ1) is 14.1. The van der Waals surface area contributed by atoms with E-state index in [0.717, 1.165) is 22.4 Å². The smallest absolute Gasteiger partial charge is 0.182 e. The van der Waals surface area contributed by atoms with Gasteiger partial charge in [-0.15, -0.1) is 0 Å². The predicted molar refractivity (Wildman–Crippen MR) is 117 cm³/mol. The molecule has 4 rings (SSSR count). The molecule has 1 heterocycles. The third kappa shape index (κ3) is 3.33. The molecule has 0 saturated carbocycles. The lowest BCUT2D eigenvalue weighted by Gasteiger charge is -2.45. The summed E-state index contributed by atoms with van der Waals surface area (Å²) in [5.74, 6) is 0.186. The van der Waals surface area contributed by atoms with E-state index in [4.69, 9.17) is 0 Å². The van der Waals surface area contributed by atoms with Gasteiger partial charge in [0.05, 0.1) is 5.70 Å². The number of ketones is 1. The minimum atomic E-state index is -0.586. The molecule has 29 heavy (non-hydrogen) atoms. The fraction of sp³-hybridized carbons (Fsp3) is 0.192. The number of hydrogen-bond acceptors (Lipinski definition) is 3. The molecule has 0 aliphatic carbocycles. The summed E-state index contributed by atoms with van der Waals surface area (Å²) in [4.78, 5) is 17.2. The van der Waals surface area contributed by atoms with Gasteiger partial charge >= 0.3 is 0 Å². The van der Waals surface area contributed by atoms with E-state index in [1.54, 1.807) is 0 Å². The lowest BCUT2D eigenvalue weighted by atomic mass is 9.75. The summed E-state index contributed by atoms with van der Waals surface area (Å²) in [6.45, 7) is 0.678. The van der Waals surface area contributed by atoms with Gasteiger partial charge in [-0.25, -0.2) is 0 Å². The van der Waals surface area contributed by atoms with Crippen LogP contribution in [0.5, 0.6) is 0 Å². The SMILES string of the molecule is CN(C)C=C1C(=O)CCN1C(c1ccccc1)(c1ccccc1)c1ccccc1. The van der Waals surface area contributed by atoms with Gasteiger partial charge < -0.3 is 9.80 Å². The molecule has 146 valence electrons. The summed E-state index contributed by atoms with van der Waals surface area (Å²) in [7, 11) is 3.93. The number of carbonyl (C=O) groups excluding carboxylic acids is 1. The number of Topliss-reactive ketones (excluding diaryl/α,β-unsaturated/α-hetero) is 1. The summed E-state index contributed by atoms with van der Waals surface area (Å²) in [5, 5.41) is 0. The first-order valence-electron chi connectivity index (χ1n) is 9.99. The summed E-state index contributed by atoms with van der Waals surface area (Å²) >= 11 is 0. The molecule has 3 nitrogen and oxygen atoms in total. The summed E-state index contributed by atoms with van der Waals surface area (Å²) in [6, 6.07) is 31.5. The van der Waals surface area contributed by atoms with Crippen LogP contribution in [-0.4, -0.2) is 36.2 Å². The summed E-state index contributed by atoms with van der Waals surface area (Å²) < 4.78 is 0. The van der Waals surface area contributed by atoms with Crippen molar-refractivity contribution >= 4 is 5.78 Å². The van der Waals surface area contributed by atoms with Crippen LogP contribution < -0.4 is 0 Å². The molecular formula is C26H26N2O. The van der Waals surface area contributed by atoms with E-state index in [2.05, 4.69) is 77.7 Å². The van der Waals surface area contributed by atoms with Crippen molar-refractivity contribution in [2.45, 2.75) is 12.0 Å². The highest BCUT2D eigenvalue weighted by atomic mass is 16.1. The van der Waals surface area contributed by atoms with Crippen LogP contribution in [0.2, 0.25) is 0 Å². The Morgan fingerprint density at radius 3 is 1.55 bits per heavy atom. The van der Waals surface area contributed by atoms with Gasteiger partial charge in [0.15, 0.2) is 5.78 Å². The van der Waals surface area contributed by atoms with Gasteiger partial charge in [0.2, 0.25) is 0 Å². The van der Waals surface area contributed by atoms with Crippen molar-refractivity contribution in [2.24, 2.45) is 0 Å². The van der Waals surface area contributed by atoms with Crippen molar-refractivity contribution in [2.75, 3.05) is 20.6 Å². The van der Waals surface area contributed by atoms with Gasteiger partial charge in [-0.05, 0) is 16.7 Å². The Bertz CT molecular complexity index is 898. The molecular weight excluding hydrogens is 356 g/mol. The third-order valence-electron chi connectivity index (χ3n) is 5.50. The van der Waals surface area contributed by atoms with Gasteiger partial charge in [-0.2, -0.15) is 0 Å². The van der Waals surface area contributed by atoms with Crippen molar-refractivity contribution in [3.63, 3.8) is 0 Å². The quantitative estimate of drug-likeness (QED) is 0.474. The third-order valence-corrected chi connectivity index (χ3v) is 5.50. The van der Waals surface area contributed by atoms with E-state index >= 15 is 0 Å². The van der Waals surface area contributed by atoms with Crippen molar-refractivity contribution in [1.82, 2.24) is 9.80 Å². The Hall–Kier alpha value is -3.33. The van der Waals surface area contributed by atoms with Crippen molar-refractivity contribution in [3.8, 4) is 0 Å². The Labute approximate surface area is 172 Å². The Morgan fingerprint density at radius 2 is 1.17 bits per heavy atom. The fourth-order valence-electron chi connectivity index (χ4n) is 4.35. The Balaban J connectivity index is 2.08. The van der Waals surface area contributed by atoms with E-state index in [-0.39, 0.29) is 5.78 Å². The first-order valence-corrected chi connectivity index (χ1v) is 9.99. The van der Waals surface area contributed by atoms with E-state index in [1.165, 1.54) is 0 Å². The number of benzene rings is 3. The maximum atomic E-state index is 12.9. The second kappa shape index (κ2) is 7.96. The van der Waals surface area contributed by atoms with Crippen LogP contribution >= 0.6 is 0 Å². The normalized spacial score (nSPS) is 15.7. The molecule has 0 radical (unpaired) electrons. The molecule has 0 bridgehead atoms. The molecule has 1 aliphatic rings. The minimum Gasteiger partial charge on any atom is -0.382 e. The lowest BCUT2D eigenvalue weighted by Crippen LogP contribution is -2.46. The minimum absolute atomic E-state index is 0.186. The molecule has 0 spiro atoms. The Morgan fingerprint density at radius 1 is 0.759 bits per heavy atom. The molecule has 3 aromatic carbocycles. The number of hydrogen-bond donors (Lipinski definition) is 0. The van der Waals surface area contributed by atoms with Crippen LogP contribution in [0.4, 0.5) is 0 Å². The Kier molecular flexibility index (Phi) is 5.22. The highest BCUT2D eigenvalue weighted by Gasteiger charge is 2.46. The molecule has 0 amide bonds. The maximum Gasteiger partial charge on any atom is 0.182 e. The first kappa shape index (κ1) is 19.0. The van der Waals surface area contributed by atoms with Crippen LogP contribution in [0.3, 0.4) is 0 Å². The number of carbonyl (C=O) groups is 1. The van der Waals surface area contributed by atoms with Gasteiger partial charge in [0.1, 0.15) is 5.54 Å². The van der Waals surface area contributed by atoms with Crippen molar-refractivity contribution in [3.05, 3.63) is 120 Å². The molecule has 0 atom stereocenters. The highest BCUT2D eigenvalue weighted by molar-refractivity contribution is 5.97. The molecule has 3 heteroatoms. The average molecular weight is 383 g/mol. The second-order valence-electron chi connectivity index (χ2n) is 7.61. The number of rotatable bonds is 5. The highest BCUT2D eigenvalue weighted by Crippen LogP contribution is 2.46. The molecule has 1 aliphatic heterocycles. The van der Waals surface area contributed by atoms with E-state index in [0.29, 0.717) is 13.0 Å². The largest absolute Gasteiger partial charge is 0.382 e. The maximum absolute atomic E-state index is 12.9. The van der Waals surface area contributed by atoms with Crippen LogP contribution in [0.15, 0.2) is 103 Å². The molecule has 0 aromatic heterocycles. The van der Waals surface area contributed by atoms with E-state index in [9.17, 15) is 4.79 Å². The predicted octanol–water partition coefficient (Wildman–Crippen LogP) is 4.66. The van der Waals surface area contributed by atoms with Gasteiger partial charge in [-0.1, -0.05) is 91.0 Å². The zero-order valence-corrected chi connectivity index (χ0v) is 17.0. The molecule has 0 N–H and O–H groups in total. The molecule has 1 saturated heterocycles.